The van der Waals surface area contributed by atoms with Gasteiger partial charge in [0.05, 0.1) is 0 Å². The molecule has 0 spiro atoms. The molecule has 3 rings (SSSR count). The third-order valence-electron chi connectivity index (χ3n) is 4.02. The average Bonchev–Trinajstić information content (AvgIpc) is 2.88. The molecule has 1 aliphatic heterocycles. The van der Waals surface area contributed by atoms with Crippen LogP contribution >= 0.6 is 11.6 Å². The van der Waals surface area contributed by atoms with Crippen molar-refractivity contribution >= 4 is 11.6 Å². The highest BCUT2D eigenvalue weighted by Crippen LogP contribution is 2.31. The summed E-state index contributed by atoms with van der Waals surface area (Å²) in [5, 5.41) is 4.23. The number of halogens is 2. The highest BCUT2D eigenvalue weighted by Gasteiger charge is 2.28. The van der Waals surface area contributed by atoms with E-state index >= 15 is 0 Å². The largest absolute Gasteiger partial charge is 0.316 e. The molecule has 2 aromatic rings. The van der Waals surface area contributed by atoms with Crippen LogP contribution in [-0.2, 0) is 6.42 Å². The van der Waals surface area contributed by atoms with Crippen LogP contribution in [0.4, 0.5) is 4.39 Å². The Morgan fingerprint density at radius 2 is 1.90 bits per heavy atom. The van der Waals surface area contributed by atoms with Crippen molar-refractivity contribution in [2.24, 2.45) is 5.92 Å². The maximum atomic E-state index is 13.0. The Hall–Kier alpha value is -1.38. The van der Waals surface area contributed by atoms with Crippen LogP contribution in [0.5, 0.6) is 0 Å². The van der Waals surface area contributed by atoms with Gasteiger partial charge in [-0.05, 0) is 54.3 Å². The Kier molecular flexibility index (Phi) is 4.04. The molecule has 2 atom stereocenters. The van der Waals surface area contributed by atoms with Crippen LogP contribution in [0, 0.1) is 11.7 Å². The minimum absolute atomic E-state index is 0.175. The van der Waals surface area contributed by atoms with Crippen molar-refractivity contribution in [3.8, 4) is 0 Å². The molecular formula is C17H17ClFN. The Labute approximate surface area is 123 Å². The lowest BCUT2D eigenvalue weighted by atomic mass is 9.85. The fraction of sp³-hybridized carbons (Fsp3) is 0.294. The Bertz CT molecular complexity index is 582. The highest BCUT2D eigenvalue weighted by molar-refractivity contribution is 6.30. The molecule has 0 aromatic heterocycles. The molecule has 0 saturated carbocycles. The minimum Gasteiger partial charge on any atom is -0.316 e. The van der Waals surface area contributed by atoms with Gasteiger partial charge in [0, 0.05) is 17.5 Å². The molecule has 1 fully saturated rings. The summed E-state index contributed by atoms with van der Waals surface area (Å²) in [5.41, 5.74) is 2.47. The molecule has 1 N–H and O–H groups in total. The zero-order valence-electron chi connectivity index (χ0n) is 11.2. The summed E-state index contributed by atoms with van der Waals surface area (Å²) in [7, 11) is 0. The predicted octanol–water partition coefficient (Wildman–Crippen LogP) is 4.02. The van der Waals surface area contributed by atoms with Gasteiger partial charge in [0.15, 0.2) is 0 Å². The normalized spacial score (nSPS) is 22.1. The second-order valence-electron chi connectivity index (χ2n) is 5.41. The second-order valence-corrected chi connectivity index (χ2v) is 5.85. The smallest absolute Gasteiger partial charge is 0.123 e. The molecule has 0 radical (unpaired) electrons. The van der Waals surface area contributed by atoms with Gasteiger partial charge in [-0.2, -0.15) is 0 Å². The van der Waals surface area contributed by atoms with E-state index in [1.165, 1.54) is 11.1 Å². The van der Waals surface area contributed by atoms with E-state index < -0.39 is 0 Å². The number of benzene rings is 2. The van der Waals surface area contributed by atoms with Crippen molar-refractivity contribution in [1.29, 1.82) is 0 Å². The molecule has 0 aliphatic carbocycles. The van der Waals surface area contributed by atoms with Crippen molar-refractivity contribution in [2.75, 3.05) is 13.1 Å². The lowest BCUT2D eigenvalue weighted by Crippen LogP contribution is -2.14. The SMILES string of the molecule is Fc1ccc([C@@H]2CNC[C@H]2Cc2cccc(Cl)c2)cc1. The number of rotatable bonds is 3. The molecule has 2 aromatic carbocycles. The van der Waals surface area contributed by atoms with Crippen molar-refractivity contribution in [3.05, 3.63) is 70.5 Å². The number of nitrogens with one attached hydrogen (secondary N) is 1. The second kappa shape index (κ2) is 5.94. The molecule has 3 heteroatoms. The third-order valence-corrected chi connectivity index (χ3v) is 4.26. The zero-order valence-corrected chi connectivity index (χ0v) is 11.9. The standard InChI is InChI=1S/C17H17ClFN/c18-15-3-1-2-12(9-15)8-14-10-20-11-17(14)13-4-6-16(19)7-5-13/h1-7,9,14,17,20H,8,10-11H2/t14-,17+/m1/s1. The van der Waals surface area contributed by atoms with E-state index in [1.54, 1.807) is 12.1 Å². The van der Waals surface area contributed by atoms with E-state index in [9.17, 15) is 4.39 Å². The van der Waals surface area contributed by atoms with Crippen molar-refractivity contribution in [1.82, 2.24) is 5.32 Å². The first-order valence-electron chi connectivity index (χ1n) is 6.93. The molecule has 104 valence electrons. The van der Waals surface area contributed by atoms with Crippen LogP contribution in [0.3, 0.4) is 0 Å². The van der Waals surface area contributed by atoms with Gasteiger partial charge in [-0.15, -0.1) is 0 Å². The Morgan fingerprint density at radius 3 is 2.65 bits per heavy atom. The maximum absolute atomic E-state index is 13.0. The molecule has 0 unspecified atom stereocenters. The van der Waals surface area contributed by atoms with Crippen molar-refractivity contribution in [2.45, 2.75) is 12.3 Å². The molecule has 0 bridgehead atoms. The van der Waals surface area contributed by atoms with Crippen LogP contribution in [0.25, 0.3) is 0 Å². The lowest BCUT2D eigenvalue weighted by Gasteiger charge is -2.19. The van der Waals surface area contributed by atoms with Gasteiger partial charge in [0.25, 0.3) is 0 Å². The topological polar surface area (TPSA) is 12.0 Å². The van der Waals surface area contributed by atoms with Crippen LogP contribution in [0.2, 0.25) is 5.02 Å². The third kappa shape index (κ3) is 3.02. The first-order chi connectivity index (χ1) is 9.72. The van der Waals surface area contributed by atoms with Crippen LogP contribution in [-0.4, -0.2) is 13.1 Å². The van der Waals surface area contributed by atoms with Gasteiger partial charge in [-0.1, -0.05) is 35.9 Å². The predicted molar refractivity (Wildman–Crippen MR) is 80.7 cm³/mol. The molecule has 1 nitrogen and oxygen atoms in total. The van der Waals surface area contributed by atoms with E-state index in [2.05, 4.69) is 11.4 Å². The maximum Gasteiger partial charge on any atom is 0.123 e. The van der Waals surface area contributed by atoms with Gasteiger partial charge in [-0.3, -0.25) is 0 Å². The molecule has 1 aliphatic rings. The van der Waals surface area contributed by atoms with Crippen molar-refractivity contribution in [3.63, 3.8) is 0 Å². The summed E-state index contributed by atoms with van der Waals surface area (Å²) in [4.78, 5) is 0. The van der Waals surface area contributed by atoms with Crippen LogP contribution in [0.1, 0.15) is 17.0 Å². The van der Waals surface area contributed by atoms with Gasteiger partial charge in [-0.25, -0.2) is 4.39 Å². The van der Waals surface area contributed by atoms with E-state index in [4.69, 9.17) is 11.6 Å². The average molecular weight is 290 g/mol. The fourth-order valence-corrected chi connectivity index (χ4v) is 3.23. The lowest BCUT2D eigenvalue weighted by molar-refractivity contribution is 0.515. The van der Waals surface area contributed by atoms with Crippen LogP contribution in [0.15, 0.2) is 48.5 Å². The first-order valence-corrected chi connectivity index (χ1v) is 7.31. The van der Waals surface area contributed by atoms with E-state index in [0.717, 1.165) is 24.5 Å². The minimum atomic E-state index is -0.175. The van der Waals surface area contributed by atoms with Gasteiger partial charge >= 0.3 is 0 Å². The summed E-state index contributed by atoms with van der Waals surface area (Å²) in [6.07, 6.45) is 0.996. The monoisotopic (exact) mass is 289 g/mol. The van der Waals surface area contributed by atoms with Gasteiger partial charge in [0.1, 0.15) is 5.82 Å². The zero-order chi connectivity index (χ0) is 13.9. The van der Waals surface area contributed by atoms with E-state index in [1.807, 2.05) is 30.3 Å². The van der Waals surface area contributed by atoms with Crippen LogP contribution < -0.4 is 5.32 Å². The molecule has 1 heterocycles. The Morgan fingerprint density at radius 1 is 1.10 bits per heavy atom. The molecule has 20 heavy (non-hydrogen) atoms. The molecule has 1 saturated heterocycles. The van der Waals surface area contributed by atoms with E-state index in [0.29, 0.717) is 11.8 Å². The molecular weight excluding hydrogens is 273 g/mol. The summed E-state index contributed by atoms with van der Waals surface area (Å²) in [5.74, 6) is 0.791. The van der Waals surface area contributed by atoms with Gasteiger partial charge in [0.2, 0.25) is 0 Å². The highest BCUT2D eigenvalue weighted by atomic mass is 35.5. The summed E-state index contributed by atoms with van der Waals surface area (Å²) in [6, 6.07) is 14.9. The summed E-state index contributed by atoms with van der Waals surface area (Å²) in [6.45, 7) is 1.95. The van der Waals surface area contributed by atoms with Crippen molar-refractivity contribution < 1.29 is 4.39 Å². The van der Waals surface area contributed by atoms with E-state index in [-0.39, 0.29) is 5.82 Å². The van der Waals surface area contributed by atoms with Gasteiger partial charge < -0.3 is 5.32 Å². The first kappa shape index (κ1) is 13.6. The number of hydrogen-bond donors (Lipinski definition) is 1. The molecule has 0 amide bonds. The Balaban J connectivity index is 1.77. The summed E-state index contributed by atoms with van der Waals surface area (Å²) < 4.78 is 13.0. The fourth-order valence-electron chi connectivity index (χ4n) is 3.01. The summed E-state index contributed by atoms with van der Waals surface area (Å²) >= 11 is 6.04. The quantitative estimate of drug-likeness (QED) is 0.900. The number of hydrogen-bond acceptors (Lipinski definition) is 1.